The highest BCUT2D eigenvalue weighted by molar-refractivity contribution is 5.76. The topological polar surface area (TPSA) is 149 Å². The quantitative estimate of drug-likeness (QED) is 0.0261. The maximum Gasteiger partial charge on any atom is 0.220 e. The van der Waals surface area contributed by atoms with Gasteiger partial charge in [0.25, 0.3) is 0 Å². The third-order valence-corrected chi connectivity index (χ3v) is 12.2. The maximum absolute atomic E-state index is 12.9. The highest BCUT2D eigenvalue weighted by Gasteiger charge is 2.44. The largest absolute Gasteiger partial charge is 0.394 e. The molecule has 1 aliphatic rings. The van der Waals surface area contributed by atoms with Crippen LogP contribution in [0.5, 0.6) is 0 Å². The molecule has 1 heterocycles. The monoisotopic (exact) mass is 914 g/mol. The van der Waals surface area contributed by atoms with Gasteiger partial charge in [-0.15, -0.1) is 0 Å². The van der Waals surface area contributed by atoms with Crippen molar-refractivity contribution in [2.75, 3.05) is 13.2 Å². The third kappa shape index (κ3) is 35.4. The van der Waals surface area contributed by atoms with Gasteiger partial charge in [0.05, 0.1) is 25.4 Å². The Morgan fingerprint density at radius 2 is 0.969 bits per heavy atom. The van der Waals surface area contributed by atoms with Crippen LogP contribution >= 0.6 is 0 Å². The van der Waals surface area contributed by atoms with Gasteiger partial charge in [-0.3, -0.25) is 4.79 Å². The SMILES string of the molecule is CC/C=C\C/C=C\C/C=C\CCCCCC(=O)NC(COC1OC(CO)C(O)C(O)C1O)C(O)/C=C/CC/C=C/CC/C=C/CCCCCCCCCCCCCCCCCCCCC. The summed E-state index contributed by atoms with van der Waals surface area (Å²) in [6.07, 6.45) is 55.6. The van der Waals surface area contributed by atoms with Gasteiger partial charge in [-0.25, -0.2) is 0 Å². The van der Waals surface area contributed by atoms with Crippen molar-refractivity contribution in [2.45, 2.75) is 262 Å². The van der Waals surface area contributed by atoms with Crippen LogP contribution in [0.2, 0.25) is 0 Å². The summed E-state index contributed by atoms with van der Waals surface area (Å²) in [6, 6.07) is -0.847. The summed E-state index contributed by atoms with van der Waals surface area (Å²) < 4.78 is 11.2. The van der Waals surface area contributed by atoms with Gasteiger partial charge < -0.3 is 40.3 Å². The molecule has 65 heavy (non-hydrogen) atoms. The van der Waals surface area contributed by atoms with E-state index >= 15 is 0 Å². The van der Waals surface area contributed by atoms with Crippen LogP contribution in [0.4, 0.5) is 0 Å². The molecule has 7 unspecified atom stereocenters. The van der Waals surface area contributed by atoms with Gasteiger partial charge in [-0.2, -0.15) is 0 Å². The average molecular weight is 914 g/mol. The first-order chi connectivity index (χ1) is 31.8. The van der Waals surface area contributed by atoms with E-state index in [0.29, 0.717) is 12.8 Å². The number of amides is 1. The molecule has 376 valence electrons. The number of nitrogens with one attached hydrogen (secondary N) is 1. The summed E-state index contributed by atoms with van der Waals surface area (Å²) in [7, 11) is 0. The fraction of sp³-hybridized carbons (Fsp3) is 0.768. The van der Waals surface area contributed by atoms with Gasteiger partial charge in [-0.05, 0) is 77.0 Å². The Morgan fingerprint density at radius 1 is 0.538 bits per heavy atom. The number of aliphatic hydroxyl groups is 5. The molecule has 0 saturated carbocycles. The van der Waals surface area contributed by atoms with Crippen molar-refractivity contribution in [3.63, 3.8) is 0 Å². The zero-order valence-electron chi connectivity index (χ0n) is 41.5. The van der Waals surface area contributed by atoms with Crippen LogP contribution in [0, 0.1) is 0 Å². The Kier molecular flexibility index (Phi) is 42.4. The molecule has 0 bridgehead atoms. The first-order valence-electron chi connectivity index (χ1n) is 26.7. The zero-order chi connectivity index (χ0) is 47.3. The molecule has 9 heteroatoms. The molecule has 7 atom stereocenters. The number of hydrogen-bond acceptors (Lipinski definition) is 8. The summed E-state index contributed by atoms with van der Waals surface area (Å²) in [5.41, 5.74) is 0. The summed E-state index contributed by atoms with van der Waals surface area (Å²) in [5, 5.41) is 54.2. The lowest BCUT2D eigenvalue weighted by Gasteiger charge is -2.40. The van der Waals surface area contributed by atoms with Gasteiger partial charge in [0.15, 0.2) is 6.29 Å². The van der Waals surface area contributed by atoms with Crippen LogP contribution in [-0.4, -0.2) is 87.5 Å². The molecule has 1 saturated heterocycles. The molecule has 6 N–H and O–H groups in total. The third-order valence-electron chi connectivity index (χ3n) is 12.2. The van der Waals surface area contributed by atoms with Crippen molar-refractivity contribution >= 4 is 5.91 Å². The number of aliphatic hydroxyl groups excluding tert-OH is 5. The molecule has 1 fully saturated rings. The normalized spacial score (nSPS) is 20.5. The second kappa shape index (κ2) is 45.4. The summed E-state index contributed by atoms with van der Waals surface area (Å²) in [6.45, 7) is 3.62. The Hall–Kier alpha value is -2.37. The van der Waals surface area contributed by atoms with E-state index in [0.717, 1.165) is 64.2 Å². The van der Waals surface area contributed by atoms with Crippen LogP contribution in [0.25, 0.3) is 0 Å². The molecule has 0 aromatic rings. The highest BCUT2D eigenvalue weighted by atomic mass is 16.7. The van der Waals surface area contributed by atoms with Gasteiger partial charge in [0.2, 0.25) is 5.91 Å². The molecule has 1 amide bonds. The molecule has 1 rings (SSSR count). The summed E-state index contributed by atoms with van der Waals surface area (Å²) in [5.74, 6) is -0.222. The lowest BCUT2D eigenvalue weighted by Crippen LogP contribution is -2.60. The van der Waals surface area contributed by atoms with Crippen molar-refractivity contribution in [3.05, 3.63) is 72.9 Å². The Bertz CT molecular complexity index is 1240. The summed E-state index contributed by atoms with van der Waals surface area (Å²) >= 11 is 0. The van der Waals surface area contributed by atoms with Crippen molar-refractivity contribution in [1.29, 1.82) is 0 Å². The van der Waals surface area contributed by atoms with Crippen molar-refractivity contribution in [2.24, 2.45) is 0 Å². The molecular formula is C56H99NO8. The van der Waals surface area contributed by atoms with Crippen LogP contribution in [0.3, 0.4) is 0 Å². The predicted molar refractivity (Wildman–Crippen MR) is 272 cm³/mol. The minimum Gasteiger partial charge on any atom is -0.394 e. The van der Waals surface area contributed by atoms with Crippen LogP contribution < -0.4 is 5.32 Å². The van der Waals surface area contributed by atoms with Crippen molar-refractivity contribution in [3.8, 4) is 0 Å². The number of allylic oxidation sites excluding steroid dienone is 11. The van der Waals surface area contributed by atoms with E-state index in [1.165, 1.54) is 128 Å². The molecule has 0 aromatic carbocycles. The van der Waals surface area contributed by atoms with Crippen LogP contribution in [0.1, 0.15) is 219 Å². The minimum atomic E-state index is -1.58. The van der Waals surface area contributed by atoms with Crippen LogP contribution in [-0.2, 0) is 14.3 Å². The predicted octanol–water partition coefficient (Wildman–Crippen LogP) is 12.5. The lowest BCUT2D eigenvalue weighted by molar-refractivity contribution is -0.302. The molecule has 0 radical (unpaired) electrons. The highest BCUT2D eigenvalue weighted by Crippen LogP contribution is 2.23. The molecule has 0 aromatic heterocycles. The van der Waals surface area contributed by atoms with Crippen molar-refractivity contribution in [1.82, 2.24) is 5.32 Å². The Labute approximate surface area is 398 Å². The Morgan fingerprint density at radius 3 is 1.48 bits per heavy atom. The molecular weight excluding hydrogens is 815 g/mol. The zero-order valence-corrected chi connectivity index (χ0v) is 41.5. The first-order valence-corrected chi connectivity index (χ1v) is 26.7. The fourth-order valence-corrected chi connectivity index (χ4v) is 8.03. The van der Waals surface area contributed by atoms with E-state index in [4.69, 9.17) is 9.47 Å². The smallest absolute Gasteiger partial charge is 0.220 e. The van der Waals surface area contributed by atoms with E-state index in [1.54, 1.807) is 6.08 Å². The number of hydrogen-bond donors (Lipinski definition) is 6. The molecule has 0 spiro atoms. The number of rotatable bonds is 44. The van der Waals surface area contributed by atoms with Gasteiger partial charge >= 0.3 is 0 Å². The van der Waals surface area contributed by atoms with E-state index < -0.39 is 49.5 Å². The van der Waals surface area contributed by atoms with Gasteiger partial charge in [-0.1, -0.05) is 209 Å². The number of carbonyl (C=O) groups is 1. The van der Waals surface area contributed by atoms with Crippen molar-refractivity contribution < 1.29 is 39.8 Å². The maximum atomic E-state index is 12.9. The van der Waals surface area contributed by atoms with E-state index in [2.05, 4.69) is 79.9 Å². The second-order valence-electron chi connectivity index (χ2n) is 18.3. The molecule has 0 aliphatic carbocycles. The van der Waals surface area contributed by atoms with Gasteiger partial charge in [0, 0.05) is 6.42 Å². The molecule has 9 nitrogen and oxygen atoms in total. The van der Waals surface area contributed by atoms with Crippen LogP contribution in [0.15, 0.2) is 72.9 Å². The van der Waals surface area contributed by atoms with E-state index in [9.17, 15) is 30.3 Å². The Balaban J connectivity index is 2.26. The standard InChI is InChI=1S/C56H99NO8/c1-3-5-7-9-11-13-15-17-18-19-20-21-22-23-24-25-26-27-28-29-30-31-32-34-35-37-39-41-43-45-50(59)49(48-64-56-55(63)54(62)53(61)51(47-58)65-56)57-52(60)46-44-42-40-38-36-33-16-14-12-10-8-6-4-2/h6,8,12,14,30-31,33,35-37,43,45,49-51,53-56,58-59,61-63H,3-5,7,9-11,13,15-29,32,34,38-42,44,46-48H2,1-2H3,(H,57,60)/b8-6-,14-12-,31-30+,36-33-,37-35+,45-43+. The number of unbranched alkanes of at least 4 members (excludes halogenated alkanes) is 24. The average Bonchev–Trinajstić information content (AvgIpc) is 3.31. The fourth-order valence-electron chi connectivity index (χ4n) is 8.03. The lowest BCUT2D eigenvalue weighted by atomic mass is 9.99. The molecule has 1 aliphatic heterocycles. The minimum absolute atomic E-state index is 0.221. The second-order valence-corrected chi connectivity index (χ2v) is 18.3. The van der Waals surface area contributed by atoms with E-state index in [-0.39, 0.29) is 12.5 Å². The number of carbonyl (C=O) groups excluding carboxylic acids is 1. The first kappa shape index (κ1) is 60.6. The van der Waals surface area contributed by atoms with Gasteiger partial charge in [0.1, 0.15) is 24.4 Å². The number of ether oxygens (including phenoxy) is 2. The summed E-state index contributed by atoms with van der Waals surface area (Å²) in [4.78, 5) is 12.9. The van der Waals surface area contributed by atoms with E-state index in [1.807, 2.05) is 6.08 Å².